The number of rotatable bonds is 7. The maximum Gasteiger partial charge on any atom is 0.407 e. The number of carbonyl (C=O) groups is 2. The van der Waals surface area contributed by atoms with Crippen LogP contribution in [-0.2, 0) is 16.0 Å². The minimum absolute atomic E-state index is 0.0966. The Morgan fingerprint density at radius 3 is 2.10 bits per heavy atom. The van der Waals surface area contributed by atoms with E-state index in [1.54, 1.807) is 12.1 Å². The van der Waals surface area contributed by atoms with Crippen LogP contribution in [0.3, 0.4) is 0 Å². The molecular weight excluding hydrogens is 397 g/mol. The van der Waals surface area contributed by atoms with Crippen molar-refractivity contribution in [2.75, 3.05) is 6.61 Å². The quantitative estimate of drug-likeness (QED) is 0.580. The van der Waals surface area contributed by atoms with Gasteiger partial charge in [-0.1, -0.05) is 60.7 Å². The Hall–Kier alpha value is -3.67. The van der Waals surface area contributed by atoms with Crippen molar-refractivity contribution in [1.29, 1.82) is 0 Å². The first kappa shape index (κ1) is 20.6. The van der Waals surface area contributed by atoms with Crippen LogP contribution in [0.2, 0.25) is 0 Å². The molecule has 2 N–H and O–H groups in total. The Balaban J connectivity index is 1.38. The number of carboxylic acids is 1. The first-order chi connectivity index (χ1) is 15.0. The van der Waals surface area contributed by atoms with E-state index in [1.807, 2.05) is 48.5 Å². The van der Waals surface area contributed by atoms with E-state index in [0.717, 1.165) is 27.8 Å². The molecule has 0 aliphatic heterocycles. The number of hydrogen-bond acceptors (Lipinski definition) is 3. The lowest BCUT2D eigenvalue weighted by Gasteiger charge is -2.17. The van der Waals surface area contributed by atoms with Crippen molar-refractivity contribution in [3.63, 3.8) is 0 Å². The third-order valence-corrected chi connectivity index (χ3v) is 5.57. The summed E-state index contributed by atoms with van der Waals surface area (Å²) in [6.45, 7) is 0.115. The molecule has 1 aliphatic carbocycles. The van der Waals surface area contributed by atoms with Crippen molar-refractivity contribution in [1.82, 2.24) is 5.32 Å². The number of aliphatic carboxylic acids is 1. The first-order valence-electron chi connectivity index (χ1n) is 10.1. The molecule has 4 rings (SSSR count). The number of ether oxygens (including phenoxy) is 1. The van der Waals surface area contributed by atoms with E-state index < -0.39 is 18.1 Å². The zero-order valence-electron chi connectivity index (χ0n) is 16.8. The van der Waals surface area contributed by atoms with Crippen LogP contribution in [0.15, 0.2) is 72.8 Å². The number of benzene rings is 3. The molecule has 3 aromatic carbocycles. The highest BCUT2D eigenvalue weighted by Gasteiger charge is 2.29. The zero-order chi connectivity index (χ0) is 21.8. The van der Waals surface area contributed by atoms with Crippen LogP contribution < -0.4 is 5.32 Å². The van der Waals surface area contributed by atoms with Crippen LogP contribution in [0.5, 0.6) is 0 Å². The monoisotopic (exact) mass is 419 g/mol. The van der Waals surface area contributed by atoms with Gasteiger partial charge in [0.25, 0.3) is 0 Å². The van der Waals surface area contributed by atoms with E-state index in [1.165, 1.54) is 12.1 Å². The third-order valence-electron chi connectivity index (χ3n) is 5.57. The second-order valence-corrected chi connectivity index (χ2v) is 7.53. The molecule has 1 aliphatic rings. The summed E-state index contributed by atoms with van der Waals surface area (Å²) in [6, 6.07) is 20.7. The van der Waals surface area contributed by atoms with Crippen molar-refractivity contribution in [2.45, 2.75) is 24.8 Å². The highest BCUT2D eigenvalue weighted by Crippen LogP contribution is 2.44. The lowest BCUT2D eigenvalue weighted by atomic mass is 9.98. The highest BCUT2D eigenvalue weighted by molar-refractivity contribution is 5.81. The number of fused-ring (bicyclic) bond motifs is 3. The van der Waals surface area contributed by atoms with Crippen molar-refractivity contribution in [3.8, 4) is 11.1 Å². The second kappa shape index (κ2) is 9.00. The molecule has 158 valence electrons. The molecule has 0 aromatic heterocycles. The average molecular weight is 419 g/mol. The number of carboxylic acid groups (broad SMARTS) is 1. The molecule has 1 amide bonds. The summed E-state index contributed by atoms with van der Waals surface area (Å²) in [7, 11) is 0. The second-order valence-electron chi connectivity index (χ2n) is 7.53. The summed E-state index contributed by atoms with van der Waals surface area (Å²) in [6.07, 6.45) is -0.208. The molecule has 0 spiro atoms. The molecule has 6 heteroatoms. The molecule has 1 atom stereocenters. The van der Waals surface area contributed by atoms with Gasteiger partial charge in [-0.2, -0.15) is 0 Å². The number of carbonyl (C=O) groups excluding carboxylic acids is 1. The lowest BCUT2D eigenvalue weighted by molar-refractivity contribution is -0.139. The summed E-state index contributed by atoms with van der Waals surface area (Å²) in [5.74, 6) is -1.59. The Labute approximate surface area is 179 Å². The van der Waals surface area contributed by atoms with Gasteiger partial charge >= 0.3 is 12.1 Å². The van der Waals surface area contributed by atoms with Gasteiger partial charge in [0.05, 0.1) is 0 Å². The molecule has 0 saturated heterocycles. The third kappa shape index (κ3) is 4.58. The molecule has 0 radical (unpaired) electrons. The molecule has 0 saturated carbocycles. The SMILES string of the molecule is O=C(N[C@H](CCc1ccc(F)cc1)C(=O)O)OCC1c2ccccc2-c2ccccc21. The van der Waals surface area contributed by atoms with Crippen LogP contribution in [0, 0.1) is 5.82 Å². The maximum absolute atomic E-state index is 13.0. The van der Waals surface area contributed by atoms with Crippen LogP contribution in [0.4, 0.5) is 9.18 Å². The van der Waals surface area contributed by atoms with Gasteiger partial charge in [-0.25, -0.2) is 14.0 Å². The van der Waals surface area contributed by atoms with Crippen molar-refractivity contribution >= 4 is 12.1 Å². The molecule has 0 fully saturated rings. The van der Waals surface area contributed by atoms with Gasteiger partial charge in [-0.15, -0.1) is 0 Å². The molecule has 31 heavy (non-hydrogen) atoms. The van der Waals surface area contributed by atoms with Gasteiger partial charge in [-0.05, 0) is 52.8 Å². The zero-order valence-corrected chi connectivity index (χ0v) is 16.8. The van der Waals surface area contributed by atoms with Crippen molar-refractivity contribution < 1.29 is 23.8 Å². The van der Waals surface area contributed by atoms with Crippen LogP contribution in [-0.4, -0.2) is 29.8 Å². The molecule has 0 bridgehead atoms. The van der Waals surface area contributed by atoms with E-state index in [2.05, 4.69) is 5.32 Å². The number of amides is 1. The molecule has 0 heterocycles. The predicted octanol–water partition coefficient (Wildman–Crippen LogP) is 4.75. The summed E-state index contributed by atoms with van der Waals surface area (Å²) < 4.78 is 18.4. The van der Waals surface area contributed by atoms with Gasteiger partial charge in [0.1, 0.15) is 18.5 Å². The van der Waals surface area contributed by atoms with Crippen LogP contribution >= 0.6 is 0 Å². The molecule has 5 nitrogen and oxygen atoms in total. The van der Waals surface area contributed by atoms with Crippen LogP contribution in [0.1, 0.15) is 29.0 Å². The summed E-state index contributed by atoms with van der Waals surface area (Å²) >= 11 is 0. The number of aryl methyl sites for hydroxylation is 1. The molecule has 3 aromatic rings. The average Bonchev–Trinajstić information content (AvgIpc) is 3.10. The highest BCUT2D eigenvalue weighted by atomic mass is 19.1. The standard InChI is InChI=1S/C25H22FNO4/c26-17-12-9-16(10-13-17)11-14-23(24(28)29)27-25(30)31-15-22-20-7-3-1-5-18(20)19-6-2-4-8-21(19)22/h1-10,12-13,22-23H,11,14-15H2,(H,27,30)(H,28,29)/t23-/m1/s1. The summed E-state index contributed by atoms with van der Waals surface area (Å²) in [4.78, 5) is 23.9. The molecular formula is C25H22FNO4. The summed E-state index contributed by atoms with van der Waals surface area (Å²) in [5.41, 5.74) is 5.21. The van der Waals surface area contributed by atoms with Crippen LogP contribution in [0.25, 0.3) is 11.1 Å². The Kier molecular flexibility index (Phi) is 5.98. The largest absolute Gasteiger partial charge is 0.480 e. The number of hydrogen-bond donors (Lipinski definition) is 2. The number of halogens is 1. The lowest BCUT2D eigenvalue weighted by Crippen LogP contribution is -2.41. The Bertz CT molecular complexity index is 1050. The van der Waals surface area contributed by atoms with Gasteiger partial charge < -0.3 is 15.2 Å². The summed E-state index contributed by atoms with van der Waals surface area (Å²) in [5, 5.41) is 11.9. The van der Waals surface area contributed by atoms with Gasteiger partial charge in [0, 0.05) is 5.92 Å². The minimum Gasteiger partial charge on any atom is -0.480 e. The van der Waals surface area contributed by atoms with Gasteiger partial charge in [0.2, 0.25) is 0 Å². The topological polar surface area (TPSA) is 75.6 Å². The fourth-order valence-electron chi connectivity index (χ4n) is 4.00. The Morgan fingerprint density at radius 1 is 0.935 bits per heavy atom. The van der Waals surface area contributed by atoms with E-state index in [4.69, 9.17) is 4.74 Å². The number of nitrogens with one attached hydrogen (secondary N) is 1. The Morgan fingerprint density at radius 2 is 1.52 bits per heavy atom. The van der Waals surface area contributed by atoms with Crippen molar-refractivity contribution in [2.24, 2.45) is 0 Å². The van der Waals surface area contributed by atoms with Gasteiger partial charge in [-0.3, -0.25) is 0 Å². The first-order valence-corrected chi connectivity index (χ1v) is 10.1. The van der Waals surface area contributed by atoms with Gasteiger partial charge in [0.15, 0.2) is 0 Å². The van der Waals surface area contributed by atoms with E-state index in [9.17, 15) is 19.1 Å². The molecule has 0 unspecified atom stereocenters. The fraction of sp³-hybridized carbons (Fsp3) is 0.200. The van der Waals surface area contributed by atoms with E-state index in [-0.39, 0.29) is 24.8 Å². The normalized spacial score (nSPS) is 13.2. The number of alkyl carbamates (subject to hydrolysis) is 1. The minimum atomic E-state index is -1.14. The maximum atomic E-state index is 13.0. The smallest absolute Gasteiger partial charge is 0.407 e. The van der Waals surface area contributed by atoms with E-state index >= 15 is 0 Å². The van der Waals surface area contributed by atoms with E-state index in [0.29, 0.717) is 6.42 Å². The fourth-order valence-corrected chi connectivity index (χ4v) is 4.00. The predicted molar refractivity (Wildman–Crippen MR) is 114 cm³/mol. The van der Waals surface area contributed by atoms with Crippen molar-refractivity contribution in [3.05, 3.63) is 95.3 Å².